The lowest BCUT2D eigenvalue weighted by atomic mass is 10.0. The van der Waals surface area contributed by atoms with Crippen LogP contribution in [0.5, 0.6) is 0 Å². The highest BCUT2D eigenvalue weighted by atomic mass is 15.3. The molecule has 0 spiro atoms. The molecule has 1 aromatic heterocycles. The van der Waals surface area contributed by atoms with Gasteiger partial charge in [0.05, 0.1) is 12.7 Å². The lowest BCUT2D eigenvalue weighted by Gasteiger charge is -2.15. The number of benzene rings is 2. The molecule has 1 unspecified atom stereocenters. The van der Waals surface area contributed by atoms with E-state index in [9.17, 15) is 0 Å². The smallest absolute Gasteiger partial charge is 0.0534 e. The van der Waals surface area contributed by atoms with E-state index in [0.29, 0.717) is 6.04 Å². The van der Waals surface area contributed by atoms with Crippen LogP contribution in [0.15, 0.2) is 54.9 Å². The van der Waals surface area contributed by atoms with Crippen molar-refractivity contribution in [1.82, 2.24) is 15.1 Å². The van der Waals surface area contributed by atoms with Crippen molar-refractivity contribution in [1.29, 1.82) is 0 Å². The van der Waals surface area contributed by atoms with Gasteiger partial charge in [0.2, 0.25) is 0 Å². The van der Waals surface area contributed by atoms with Crippen LogP contribution in [0.3, 0.4) is 0 Å². The summed E-state index contributed by atoms with van der Waals surface area (Å²) in [6.07, 6.45) is 3.97. The highest BCUT2D eigenvalue weighted by molar-refractivity contribution is 5.83. The zero-order chi connectivity index (χ0) is 14.7. The Kier molecular flexibility index (Phi) is 4.02. The molecule has 0 aliphatic rings. The highest BCUT2D eigenvalue weighted by Crippen LogP contribution is 2.20. The summed E-state index contributed by atoms with van der Waals surface area (Å²) in [5, 5.41) is 10.5. The van der Waals surface area contributed by atoms with E-state index in [0.717, 1.165) is 13.1 Å². The number of aromatic nitrogens is 2. The number of rotatable bonds is 5. The normalized spacial score (nSPS) is 12.7. The average Bonchev–Trinajstić information content (AvgIpc) is 2.92. The van der Waals surface area contributed by atoms with Gasteiger partial charge in [0.25, 0.3) is 0 Å². The van der Waals surface area contributed by atoms with Crippen LogP contribution >= 0.6 is 0 Å². The molecule has 108 valence electrons. The average molecular weight is 279 g/mol. The van der Waals surface area contributed by atoms with Crippen LogP contribution in [0, 0.1) is 6.92 Å². The number of hydrogen-bond acceptors (Lipinski definition) is 2. The van der Waals surface area contributed by atoms with Crippen molar-refractivity contribution in [3.05, 3.63) is 66.0 Å². The monoisotopic (exact) mass is 279 g/mol. The number of aryl methyl sites for hydroxylation is 1. The molecule has 3 nitrogen and oxygen atoms in total. The molecule has 0 aliphatic heterocycles. The maximum Gasteiger partial charge on any atom is 0.0534 e. The Morgan fingerprint density at radius 2 is 1.95 bits per heavy atom. The Morgan fingerprint density at radius 1 is 1.14 bits per heavy atom. The molecule has 2 aromatic carbocycles. The fourth-order valence-corrected chi connectivity index (χ4v) is 2.58. The van der Waals surface area contributed by atoms with Gasteiger partial charge in [-0.2, -0.15) is 5.10 Å². The Morgan fingerprint density at radius 3 is 2.71 bits per heavy atom. The van der Waals surface area contributed by atoms with Crippen LogP contribution in [0.2, 0.25) is 0 Å². The van der Waals surface area contributed by atoms with E-state index in [4.69, 9.17) is 0 Å². The van der Waals surface area contributed by atoms with E-state index < -0.39 is 0 Å². The van der Waals surface area contributed by atoms with Gasteiger partial charge in [-0.05, 0) is 41.8 Å². The molecule has 0 bridgehead atoms. The Balaban J connectivity index is 1.62. The third-order valence-corrected chi connectivity index (χ3v) is 3.83. The zero-order valence-corrected chi connectivity index (χ0v) is 12.6. The molecule has 0 radical (unpaired) electrons. The first-order valence-electron chi connectivity index (χ1n) is 7.43. The molecule has 0 saturated heterocycles. The topological polar surface area (TPSA) is 29.9 Å². The minimum atomic E-state index is 0.339. The number of fused-ring (bicyclic) bond motifs is 1. The number of nitrogens with one attached hydrogen (secondary N) is 1. The van der Waals surface area contributed by atoms with Gasteiger partial charge in [-0.1, -0.05) is 36.4 Å². The predicted octanol–water partition coefficient (Wildman–Crippen LogP) is 3.70. The third-order valence-electron chi connectivity index (χ3n) is 3.83. The number of hydrogen-bond donors (Lipinski definition) is 1. The van der Waals surface area contributed by atoms with Crippen LogP contribution in [-0.2, 0) is 6.54 Å². The van der Waals surface area contributed by atoms with Gasteiger partial charge in [0.15, 0.2) is 0 Å². The highest BCUT2D eigenvalue weighted by Gasteiger charge is 2.05. The van der Waals surface area contributed by atoms with Crippen molar-refractivity contribution in [2.24, 2.45) is 0 Å². The van der Waals surface area contributed by atoms with E-state index in [1.165, 1.54) is 21.9 Å². The molecule has 0 fully saturated rings. The van der Waals surface area contributed by atoms with Crippen molar-refractivity contribution in [2.75, 3.05) is 6.54 Å². The van der Waals surface area contributed by atoms with Gasteiger partial charge in [-0.15, -0.1) is 0 Å². The quantitative estimate of drug-likeness (QED) is 0.772. The van der Waals surface area contributed by atoms with Crippen LogP contribution < -0.4 is 5.32 Å². The molecular weight excluding hydrogens is 258 g/mol. The minimum absolute atomic E-state index is 0.339. The molecule has 1 heterocycles. The summed E-state index contributed by atoms with van der Waals surface area (Å²) in [7, 11) is 0. The van der Waals surface area contributed by atoms with E-state index in [-0.39, 0.29) is 0 Å². The zero-order valence-electron chi connectivity index (χ0n) is 12.6. The lowest BCUT2D eigenvalue weighted by molar-refractivity contribution is 0.507. The molecule has 3 rings (SSSR count). The van der Waals surface area contributed by atoms with Gasteiger partial charge < -0.3 is 5.32 Å². The second kappa shape index (κ2) is 6.10. The maximum atomic E-state index is 4.30. The summed E-state index contributed by atoms with van der Waals surface area (Å²) in [4.78, 5) is 0. The summed E-state index contributed by atoms with van der Waals surface area (Å²) in [5.74, 6) is 0. The Labute approximate surface area is 125 Å². The van der Waals surface area contributed by atoms with Gasteiger partial charge in [-0.25, -0.2) is 0 Å². The van der Waals surface area contributed by atoms with Crippen LogP contribution in [0.4, 0.5) is 0 Å². The third kappa shape index (κ3) is 3.31. The summed E-state index contributed by atoms with van der Waals surface area (Å²) in [6.45, 7) is 6.08. The molecule has 0 amide bonds. The second-order valence-corrected chi connectivity index (χ2v) is 5.56. The standard InChI is InChI=1S/C18H21N3/c1-14-12-20-21(13-14)10-9-19-15(2)17-8-7-16-5-3-4-6-18(16)11-17/h3-8,11-13,15,19H,9-10H2,1-2H3. The Bertz CT molecular complexity index is 730. The maximum absolute atomic E-state index is 4.30. The van der Waals surface area contributed by atoms with Crippen LogP contribution in [0.1, 0.15) is 24.1 Å². The van der Waals surface area contributed by atoms with Gasteiger partial charge in [0.1, 0.15) is 0 Å². The largest absolute Gasteiger partial charge is 0.308 e. The van der Waals surface area contributed by atoms with E-state index in [1.54, 1.807) is 0 Å². The van der Waals surface area contributed by atoms with Gasteiger partial charge in [-0.3, -0.25) is 4.68 Å². The van der Waals surface area contributed by atoms with Crippen molar-refractivity contribution in [2.45, 2.75) is 26.4 Å². The predicted molar refractivity (Wildman–Crippen MR) is 87.3 cm³/mol. The molecule has 0 saturated carbocycles. The SMILES string of the molecule is Cc1cnn(CCNC(C)c2ccc3ccccc3c2)c1. The van der Waals surface area contributed by atoms with Gasteiger partial charge >= 0.3 is 0 Å². The van der Waals surface area contributed by atoms with E-state index >= 15 is 0 Å². The van der Waals surface area contributed by atoms with Crippen LogP contribution in [0.25, 0.3) is 10.8 Å². The van der Waals surface area contributed by atoms with Crippen molar-refractivity contribution >= 4 is 10.8 Å². The van der Waals surface area contributed by atoms with Crippen LogP contribution in [-0.4, -0.2) is 16.3 Å². The van der Waals surface area contributed by atoms with E-state index in [2.05, 4.69) is 72.9 Å². The summed E-state index contributed by atoms with van der Waals surface area (Å²) < 4.78 is 1.98. The van der Waals surface area contributed by atoms with E-state index in [1.807, 2.05) is 10.9 Å². The van der Waals surface area contributed by atoms with Crippen molar-refractivity contribution < 1.29 is 0 Å². The first-order valence-corrected chi connectivity index (χ1v) is 7.43. The first-order chi connectivity index (χ1) is 10.2. The second-order valence-electron chi connectivity index (χ2n) is 5.56. The number of nitrogens with zero attached hydrogens (tertiary/aromatic N) is 2. The lowest BCUT2D eigenvalue weighted by Crippen LogP contribution is -2.23. The fraction of sp³-hybridized carbons (Fsp3) is 0.278. The molecular formula is C18H21N3. The molecule has 21 heavy (non-hydrogen) atoms. The molecule has 3 heteroatoms. The molecule has 0 aliphatic carbocycles. The summed E-state index contributed by atoms with van der Waals surface area (Å²) >= 11 is 0. The Hall–Kier alpha value is -2.13. The summed E-state index contributed by atoms with van der Waals surface area (Å²) in [6, 6.07) is 15.5. The molecule has 1 N–H and O–H groups in total. The summed E-state index contributed by atoms with van der Waals surface area (Å²) in [5.41, 5.74) is 2.53. The van der Waals surface area contributed by atoms with Crippen molar-refractivity contribution in [3.63, 3.8) is 0 Å². The van der Waals surface area contributed by atoms with Gasteiger partial charge in [0, 0.05) is 18.8 Å². The fourth-order valence-electron chi connectivity index (χ4n) is 2.58. The molecule has 3 aromatic rings. The minimum Gasteiger partial charge on any atom is -0.308 e. The molecule has 1 atom stereocenters. The first kappa shape index (κ1) is 13.8. The van der Waals surface area contributed by atoms with Crippen molar-refractivity contribution in [3.8, 4) is 0 Å².